The number of aromatic nitrogens is 2. The van der Waals surface area contributed by atoms with Gasteiger partial charge in [-0.1, -0.05) is 28.4 Å². The van der Waals surface area contributed by atoms with Crippen LogP contribution in [-0.4, -0.2) is 16.0 Å². The average molecular weight is 363 g/mol. The van der Waals surface area contributed by atoms with E-state index in [-0.39, 0.29) is 11.6 Å². The van der Waals surface area contributed by atoms with Crippen LogP contribution in [0.3, 0.4) is 0 Å². The first-order chi connectivity index (χ1) is 11.5. The molecule has 2 aromatic heterocycles. The molecular weight excluding hydrogens is 351 g/mol. The second-order valence-electron chi connectivity index (χ2n) is 4.96. The van der Waals surface area contributed by atoms with E-state index in [2.05, 4.69) is 20.8 Å². The Labute approximate surface area is 147 Å². The normalized spacial score (nSPS) is 10.5. The van der Waals surface area contributed by atoms with Crippen LogP contribution in [0.25, 0.3) is 0 Å². The highest BCUT2D eigenvalue weighted by Crippen LogP contribution is 2.25. The van der Waals surface area contributed by atoms with Gasteiger partial charge in [-0.05, 0) is 37.3 Å². The maximum absolute atomic E-state index is 12.2. The van der Waals surface area contributed by atoms with Crippen LogP contribution in [0.1, 0.15) is 16.2 Å². The maximum atomic E-state index is 12.2. The molecule has 0 fully saturated rings. The van der Waals surface area contributed by atoms with Crippen molar-refractivity contribution in [3.63, 3.8) is 0 Å². The van der Waals surface area contributed by atoms with Gasteiger partial charge in [0.1, 0.15) is 11.5 Å². The number of amides is 1. The van der Waals surface area contributed by atoms with Crippen molar-refractivity contribution in [1.82, 2.24) is 10.1 Å². The van der Waals surface area contributed by atoms with E-state index in [1.54, 1.807) is 43.3 Å². The number of rotatable bonds is 4. The Morgan fingerprint density at radius 2 is 1.88 bits per heavy atom. The van der Waals surface area contributed by atoms with Gasteiger partial charge in [-0.25, -0.2) is 4.98 Å². The molecule has 0 saturated heterocycles. The molecule has 2 heterocycles. The van der Waals surface area contributed by atoms with Crippen molar-refractivity contribution in [3.8, 4) is 0 Å². The second kappa shape index (κ2) is 6.90. The van der Waals surface area contributed by atoms with Gasteiger partial charge in [0.2, 0.25) is 0 Å². The summed E-state index contributed by atoms with van der Waals surface area (Å²) in [6.45, 7) is 1.80. The fourth-order valence-electron chi connectivity index (χ4n) is 1.94. The largest absolute Gasteiger partial charge is 0.360 e. The van der Waals surface area contributed by atoms with Crippen LogP contribution in [0.15, 0.2) is 47.1 Å². The fourth-order valence-corrected chi connectivity index (χ4v) is 2.24. The number of halogens is 2. The quantitative estimate of drug-likeness (QED) is 0.704. The van der Waals surface area contributed by atoms with Gasteiger partial charge < -0.3 is 15.2 Å². The molecule has 0 unspecified atom stereocenters. The third-order valence-electron chi connectivity index (χ3n) is 3.07. The van der Waals surface area contributed by atoms with Crippen LogP contribution in [0, 0.1) is 6.92 Å². The number of hydrogen-bond acceptors (Lipinski definition) is 5. The minimum atomic E-state index is -0.350. The van der Waals surface area contributed by atoms with E-state index >= 15 is 0 Å². The lowest BCUT2D eigenvalue weighted by Gasteiger charge is -2.07. The summed E-state index contributed by atoms with van der Waals surface area (Å²) in [5, 5.41) is 10.3. The lowest BCUT2D eigenvalue weighted by atomic mass is 10.3. The number of anilines is 3. The molecule has 0 aliphatic carbocycles. The lowest BCUT2D eigenvalue weighted by Crippen LogP contribution is -2.13. The van der Waals surface area contributed by atoms with Crippen LogP contribution < -0.4 is 10.6 Å². The minimum Gasteiger partial charge on any atom is -0.360 e. The summed E-state index contributed by atoms with van der Waals surface area (Å²) in [5.74, 6) is 0.919. The van der Waals surface area contributed by atoms with E-state index in [1.165, 1.54) is 6.20 Å². The summed E-state index contributed by atoms with van der Waals surface area (Å²) in [6, 6.07) is 9.92. The highest BCUT2D eigenvalue weighted by molar-refractivity contribution is 6.42. The zero-order valence-corrected chi connectivity index (χ0v) is 14.0. The lowest BCUT2D eigenvalue weighted by molar-refractivity contribution is 0.102. The van der Waals surface area contributed by atoms with Crippen molar-refractivity contribution in [2.45, 2.75) is 6.92 Å². The standard InChI is InChI=1S/C16H12Cl2N4O2/c1-9-6-15(22-24-9)20-11-3-5-14(19-8-11)16(23)21-10-2-4-12(17)13(18)7-10/h2-8H,1H3,(H,20,22)(H,21,23). The maximum Gasteiger partial charge on any atom is 0.274 e. The molecule has 1 amide bonds. The van der Waals surface area contributed by atoms with Crippen molar-refractivity contribution in [2.75, 3.05) is 10.6 Å². The zero-order chi connectivity index (χ0) is 17.1. The van der Waals surface area contributed by atoms with E-state index in [4.69, 9.17) is 27.7 Å². The highest BCUT2D eigenvalue weighted by atomic mass is 35.5. The van der Waals surface area contributed by atoms with Crippen LogP contribution in [0.4, 0.5) is 17.2 Å². The van der Waals surface area contributed by atoms with E-state index in [1.807, 2.05) is 0 Å². The summed E-state index contributed by atoms with van der Waals surface area (Å²) in [6.07, 6.45) is 1.54. The van der Waals surface area contributed by atoms with Crippen molar-refractivity contribution in [2.24, 2.45) is 0 Å². The number of nitrogens with one attached hydrogen (secondary N) is 2. The van der Waals surface area contributed by atoms with E-state index in [0.29, 0.717) is 33.0 Å². The predicted octanol–water partition coefficient (Wildman–Crippen LogP) is 4.68. The molecule has 122 valence electrons. The summed E-state index contributed by atoms with van der Waals surface area (Å²) in [5.41, 5.74) is 1.49. The number of carbonyl (C=O) groups is 1. The number of hydrogen-bond donors (Lipinski definition) is 2. The van der Waals surface area contributed by atoms with Crippen LogP contribution in [-0.2, 0) is 0 Å². The van der Waals surface area contributed by atoms with Gasteiger partial charge >= 0.3 is 0 Å². The molecule has 0 atom stereocenters. The molecule has 0 saturated carbocycles. The Bertz CT molecular complexity index is 878. The number of pyridine rings is 1. The first-order valence-electron chi connectivity index (χ1n) is 6.94. The van der Waals surface area contributed by atoms with Crippen molar-refractivity contribution >= 4 is 46.3 Å². The summed E-state index contributed by atoms with van der Waals surface area (Å²) < 4.78 is 4.97. The van der Waals surface area contributed by atoms with Crippen LogP contribution in [0.5, 0.6) is 0 Å². The molecule has 3 rings (SSSR count). The van der Waals surface area contributed by atoms with Crippen LogP contribution >= 0.6 is 23.2 Å². The SMILES string of the molecule is Cc1cc(Nc2ccc(C(=O)Nc3ccc(Cl)c(Cl)c3)nc2)no1. The third-order valence-corrected chi connectivity index (χ3v) is 3.81. The Morgan fingerprint density at radius 3 is 2.50 bits per heavy atom. The first-order valence-corrected chi connectivity index (χ1v) is 7.69. The first kappa shape index (κ1) is 16.3. The minimum absolute atomic E-state index is 0.267. The molecule has 1 aromatic carbocycles. The molecule has 0 radical (unpaired) electrons. The summed E-state index contributed by atoms with van der Waals surface area (Å²) >= 11 is 11.8. The second-order valence-corrected chi connectivity index (χ2v) is 5.78. The van der Waals surface area contributed by atoms with Gasteiger partial charge in [-0.15, -0.1) is 0 Å². The molecular formula is C16H12Cl2N4O2. The molecule has 8 heteroatoms. The zero-order valence-electron chi connectivity index (χ0n) is 12.5. The number of carbonyl (C=O) groups excluding carboxylic acids is 1. The monoisotopic (exact) mass is 362 g/mol. The number of aryl methyl sites for hydroxylation is 1. The molecule has 0 bridgehead atoms. The molecule has 6 nitrogen and oxygen atoms in total. The molecule has 24 heavy (non-hydrogen) atoms. The topological polar surface area (TPSA) is 80.0 Å². The van der Waals surface area contributed by atoms with Gasteiger partial charge in [0.25, 0.3) is 5.91 Å². The van der Waals surface area contributed by atoms with Crippen LogP contribution in [0.2, 0.25) is 10.0 Å². The Balaban J connectivity index is 1.68. The molecule has 3 aromatic rings. The van der Waals surface area contributed by atoms with Crippen molar-refractivity contribution in [1.29, 1.82) is 0 Å². The molecule has 0 aliphatic rings. The molecule has 0 aliphatic heterocycles. The number of nitrogens with zero attached hydrogens (tertiary/aromatic N) is 2. The Kier molecular flexibility index (Phi) is 4.69. The molecule has 0 spiro atoms. The van der Waals surface area contributed by atoms with Gasteiger partial charge in [0, 0.05) is 11.8 Å². The van der Waals surface area contributed by atoms with E-state index < -0.39 is 0 Å². The third kappa shape index (κ3) is 3.84. The van der Waals surface area contributed by atoms with Gasteiger partial charge in [-0.3, -0.25) is 4.79 Å². The average Bonchev–Trinajstić information content (AvgIpc) is 2.96. The van der Waals surface area contributed by atoms with Gasteiger partial charge in [0.15, 0.2) is 5.82 Å². The Morgan fingerprint density at radius 1 is 1.08 bits per heavy atom. The van der Waals surface area contributed by atoms with Crippen molar-refractivity contribution in [3.05, 3.63) is 64.1 Å². The Hall–Kier alpha value is -2.57. The summed E-state index contributed by atoms with van der Waals surface area (Å²) in [7, 11) is 0. The smallest absolute Gasteiger partial charge is 0.274 e. The van der Waals surface area contributed by atoms with Gasteiger partial charge in [0.05, 0.1) is 21.9 Å². The molecule has 2 N–H and O–H groups in total. The van der Waals surface area contributed by atoms with Crippen molar-refractivity contribution < 1.29 is 9.32 Å². The highest BCUT2D eigenvalue weighted by Gasteiger charge is 2.09. The van der Waals surface area contributed by atoms with E-state index in [9.17, 15) is 4.79 Å². The summed E-state index contributed by atoms with van der Waals surface area (Å²) in [4.78, 5) is 16.3. The fraction of sp³-hybridized carbons (Fsp3) is 0.0625. The number of benzene rings is 1. The van der Waals surface area contributed by atoms with Gasteiger partial charge in [-0.2, -0.15) is 0 Å². The predicted molar refractivity (Wildman–Crippen MR) is 93.2 cm³/mol. The van der Waals surface area contributed by atoms with E-state index in [0.717, 1.165) is 0 Å².